The molecule has 0 aliphatic carbocycles. The summed E-state index contributed by atoms with van der Waals surface area (Å²) in [4.78, 5) is 0.0596. The predicted octanol–water partition coefficient (Wildman–Crippen LogP) is 2.38. The molecule has 0 saturated heterocycles. The monoisotopic (exact) mass is 318 g/mol. The second-order valence-corrected chi connectivity index (χ2v) is 5.99. The first-order valence-corrected chi connectivity index (χ1v) is 7.73. The van der Waals surface area contributed by atoms with Gasteiger partial charge in [0.05, 0.1) is 36.4 Å². The summed E-state index contributed by atoms with van der Waals surface area (Å²) in [6.45, 7) is 0. The van der Waals surface area contributed by atoms with Gasteiger partial charge in [-0.05, 0) is 36.4 Å². The van der Waals surface area contributed by atoms with E-state index < -0.39 is 10.0 Å². The third-order valence-electron chi connectivity index (χ3n) is 2.95. The van der Waals surface area contributed by atoms with Crippen LogP contribution in [0, 0.1) is 11.3 Å². The largest absolute Gasteiger partial charge is 0.497 e. The molecule has 2 aromatic rings. The lowest BCUT2D eigenvalue weighted by molar-refractivity contribution is 0.395. The summed E-state index contributed by atoms with van der Waals surface area (Å²) in [5.41, 5.74) is 0.689. The van der Waals surface area contributed by atoms with Crippen molar-refractivity contribution in [3.05, 3.63) is 48.0 Å². The molecule has 0 heterocycles. The highest BCUT2D eigenvalue weighted by Crippen LogP contribution is 2.30. The molecule has 0 amide bonds. The van der Waals surface area contributed by atoms with Crippen molar-refractivity contribution in [2.24, 2.45) is 0 Å². The number of anilines is 1. The van der Waals surface area contributed by atoms with E-state index in [4.69, 9.17) is 14.7 Å². The number of nitrogens with zero attached hydrogens (tertiary/aromatic N) is 1. The Morgan fingerprint density at radius 2 is 1.73 bits per heavy atom. The van der Waals surface area contributed by atoms with Crippen molar-refractivity contribution < 1.29 is 17.9 Å². The number of benzene rings is 2. The Bertz CT molecular complexity index is 808. The summed E-state index contributed by atoms with van der Waals surface area (Å²) in [5, 5.41) is 8.74. The fourth-order valence-electron chi connectivity index (χ4n) is 1.80. The summed E-state index contributed by atoms with van der Waals surface area (Å²) in [6.07, 6.45) is 0. The van der Waals surface area contributed by atoms with Gasteiger partial charge in [0, 0.05) is 6.07 Å². The van der Waals surface area contributed by atoms with Gasteiger partial charge in [0.15, 0.2) is 0 Å². The van der Waals surface area contributed by atoms with E-state index in [2.05, 4.69) is 4.72 Å². The van der Waals surface area contributed by atoms with Crippen LogP contribution in [0.15, 0.2) is 47.4 Å². The summed E-state index contributed by atoms with van der Waals surface area (Å²) in [7, 11) is -0.823. The molecular formula is C15H14N2O4S. The van der Waals surface area contributed by atoms with Gasteiger partial charge in [0.1, 0.15) is 11.5 Å². The number of nitriles is 1. The molecule has 0 aromatic heterocycles. The van der Waals surface area contributed by atoms with E-state index in [0.29, 0.717) is 22.7 Å². The van der Waals surface area contributed by atoms with E-state index in [1.54, 1.807) is 18.2 Å². The second kappa shape index (κ2) is 6.37. The first kappa shape index (κ1) is 15.7. The Balaban J connectivity index is 2.34. The van der Waals surface area contributed by atoms with E-state index in [1.807, 2.05) is 6.07 Å². The molecule has 0 spiro atoms. The summed E-state index contributed by atoms with van der Waals surface area (Å²) in [5.74, 6) is 0.898. The lowest BCUT2D eigenvalue weighted by Crippen LogP contribution is -2.13. The molecule has 0 saturated carbocycles. The fraction of sp³-hybridized carbons (Fsp3) is 0.133. The first-order valence-electron chi connectivity index (χ1n) is 6.25. The highest BCUT2D eigenvalue weighted by atomic mass is 32.2. The number of ether oxygens (including phenoxy) is 2. The molecule has 2 rings (SSSR count). The van der Waals surface area contributed by atoms with Crippen LogP contribution >= 0.6 is 0 Å². The third-order valence-corrected chi connectivity index (χ3v) is 4.33. The van der Waals surface area contributed by atoms with Gasteiger partial charge in [0.2, 0.25) is 0 Å². The number of sulfonamides is 1. The molecule has 0 unspecified atom stereocenters. The van der Waals surface area contributed by atoms with Crippen LogP contribution < -0.4 is 14.2 Å². The van der Waals surface area contributed by atoms with Crippen LogP contribution in [0.4, 0.5) is 5.69 Å². The minimum Gasteiger partial charge on any atom is -0.497 e. The molecular weight excluding hydrogens is 304 g/mol. The molecule has 7 heteroatoms. The Kier molecular flexibility index (Phi) is 4.53. The van der Waals surface area contributed by atoms with E-state index in [0.717, 1.165) is 0 Å². The molecule has 0 bridgehead atoms. The fourth-order valence-corrected chi connectivity index (χ4v) is 2.87. The summed E-state index contributed by atoms with van der Waals surface area (Å²) < 4.78 is 37.4. The lowest BCUT2D eigenvalue weighted by atomic mass is 10.2. The molecule has 114 valence electrons. The van der Waals surface area contributed by atoms with Crippen molar-refractivity contribution in [1.82, 2.24) is 0 Å². The van der Waals surface area contributed by atoms with Crippen LogP contribution in [-0.4, -0.2) is 22.6 Å². The van der Waals surface area contributed by atoms with Gasteiger partial charge in [0.25, 0.3) is 10.0 Å². The molecule has 1 N–H and O–H groups in total. The average Bonchev–Trinajstić information content (AvgIpc) is 2.55. The van der Waals surface area contributed by atoms with Crippen LogP contribution in [0.1, 0.15) is 5.56 Å². The molecule has 6 nitrogen and oxygen atoms in total. The van der Waals surface area contributed by atoms with Crippen LogP contribution in [0.5, 0.6) is 11.5 Å². The first-order chi connectivity index (χ1) is 10.5. The standard InChI is InChI=1S/C15H14N2O4S/c1-20-12-5-8-14(15(9-12)21-2)17-22(18,19)13-6-3-11(10-16)4-7-13/h3-9,17H,1-2H3. The van der Waals surface area contributed by atoms with Crippen molar-refractivity contribution in [2.45, 2.75) is 4.90 Å². The van der Waals surface area contributed by atoms with Crippen molar-refractivity contribution in [1.29, 1.82) is 5.26 Å². The van der Waals surface area contributed by atoms with Gasteiger partial charge in [-0.1, -0.05) is 0 Å². The van der Waals surface area contributed by atoms with Gasteiger partial charge in [-0.2, -0.15) is 5.26 Å². The Morgan fingerprint density at radius 3 is 2.27 bits per heavy atom. The van der Waals surface area contributed by atoms with E-state index in [-0.39, 0.29) is 4.90 Å². The maximum atomic E-state index is 12.3. The van der Waals surface area contributed by atoms with Crippen LogP contribution in [0.2, 0.25) is 0 Å². The number of methoxy groups -OCH3 is 2. The predicted molar refractivity (Wildman–Crippen MR) is 81.5 cm³/mol. The number of rotatable bonds is 5. The third kappa shape index (κ3) is 3.30. The molecule has 0 aliphatic heterocycles. The lowest BCUT2D eigenvalue weighted by Gasteiger charge is -2.13. The number of nitrogens with one attached hydrogen (secondary N) is 1. The van der Waals surface area contributed by atoms with Crippen molar-refractivity contribution in [3.63, 3.8) is 0 Å². The van der Waals surface area contributed by atoms with Gasteiger partial charge in [-0.25, -0.2) is 8.42 Å². The topological polar surface area (TPSA) is 88.4 Å². The average molecular weight is 318 g/mol. The molecule has 0 atom stereocenters. The van der Waals surface area contributed by atoms with E-state index in [1.165, 1.54) is 38.5 Å². The molecule has 0 radical (unpaired) electrons. The minimum absolute atomic E-state index is 0.0596. The maximum Gasteiger partial charge on any atom is 0.262 e. The smallest absolute Gasteiger partial charge is 0.262 e. The maximum absolute atomic E-state index is 12.3. The van der Waals surface area contributed by atoms with Crippen molar-refractivity contribution in [3.8, 4) is 17.6 Å². The van der Waals surface area contributed by atoms with Crippen molar-refractivity contribution >= 4 is 15.7 Å². The molecule has 0 aliphatic rings. The van der Waals surface area contributed by atoms with Gasteiger partial charge >= 0.3 is 0 Å². The van der Waals surface area contributed by atoms with Crippen molar-refractivity contribution in [2.75, 3.05) is 18.9 Å². The van der Waals surface area contributed by atoms with E-state index >= 15 is 0 Å². The Labute approximate surface area is 129 Å². The number of hydrogen-bond acceptors (Lipinski definition) is 5. The van der Waals surface area contributed by atoms with Gasteiger partial charge < -0.3 is 9.47 Å². The summed E-state index contributed by atoms with van der Waals surface area (Å²) in [6, 6.07) is 12.3. The Hall–Kier alpha value is -2.72. The van der Waals surface area contributed by atoms with Gasteiger partial charge in [-0.3, -0.25) is 4.72 Å². The highest BCUT2D eigenvalue weighted by molar-refractivity contribution is 7.92. The van der Waals surface area contributed by atoms with Crippen LogP contribution in [0.3, 0.4) is 0 Å². The quantitative estimate of drug-likeness (QED) is 0.914. The van der Waals surface area contributed by atoms with Crippen LogP contribution in [0.25, 0.3) is 0 Å². The minimum atomic E-state index is -3.77. The normalized spacial score (nSPS) is 10.6. The Morgan fingerprint density at radius 1 is 1.05 bits per heavy atom. The zero-order valence-electron chi connectivity index (χ0n) is 12.0. The number of hydrogen-bond donors (Lipinski definition) is 1. The zero-order chi connectivity index (χ0) is 16.2. The van der Waals surface area contributed by atoms with Gasteiger partial charge in [-0.15, -0.1) is 0 Å². The second-order valence-electron chi connectivity index (χ2n) is 4.31. The molecule has 22 heavy (non-hydrogen) atoms. The van der Waals surface area contributed by atoms with E-state index in [9.17, 15) is 8.42 Å². The molecule has 0 fully saturated rings. The SMILES string of the molecule is COc1ccc(NS(=O)(=O)c2ccc(C#N)cc2)c(OC)c1. The summed E-state index contributed by atoms with van der Waals surface area (Å²) >= 11 is 0. The zero-order valence-corrected chi connectivity index (χ0v) is 12.8. The molecule has 2 aromatic carbocycles. The highest BCUT2D eigenvalue weighted by Gasteiger charge is 2.17. The van der Waals surface area contributed by atoms with Crippen LogP contribution in [-0.2, 0) is 10.0 Å².